The molecule has 0 spiro atoms. The lowest BCUT2D eigenvalue weighted by molar-refractivity contribution is -0.143. The van der Waals surface area contributed by atoms with E-state index in [2.05, 4.69) is 5.10 Å². The van der Waals surface area contributed by atoms with Crippen LogP contribution in [-0.4, -0.2) is 26.8 Å². The van der Waals surface area contributed by atoms with Gasteiger partial charge in [-0.15, -0.1) is 0 Å². The third-order valence-electron chi connectivity index (χ3n) is 4.26. The van der Waals surface area contributed by atoms with E-state index in [1.807, 2.05) is 13.0 Å². The first-order chi connectivity index (χ1) is 12.5. The highest BCUT2D eigenvalue weighted by Crippen LogP contribution is 2.27. The smallest absolute Gasteiger partial charge is 0.326 e. The van der Waals surface area contributed by atoms with Crippen LogP contribution in [0.3, 0.4) is 0 Å². The summed E-state index contributed by atoms with van der Waals surface area (Å²) in [6.07, 6.45) is 2.01. The summed E-state index contributed by atoms with van der Waals surface area (Å²) in [7, 11) is 0. The number of rotatable bonds is 5. The van der Waals surface area contributed by atoms with Gasteiger partial charge in [0.25, 0.3) is 5.56 Å². The molecule has 0 atom stereocenters. The van der Waals surface area contributed by atoms with Crippen LogP contribution >= 0.6 is 0 Å². The van der Waals surface area contributed by atoms with Crippen LogP contribution in [0, 0.1) is 12.7 Å². The lowest BCUT2D eigenvalue weighted by Crippen LogP contribution is -2.27. The van der Waals surface area contributed by atoms with E-state index >= 15 is 0 Å². The zero-order chi connectivity index (χ0) is 18.8. The summed E-state index contributed by atoms with van der Waals surface area (Å²) in [6, 6.07) is 6.60. The summed E-state index contributed by atoms with van der Waals surface area (Å²) >= 11 is 0. The predicted octanol–water partition coefficient (Wildman–Crippen LogP) is 2.74. The Bertz CT molecular complexity index is 1040. The van der Waals surface area contributed by atoms with Crippen molar-refractivity contribution in [3.63, 3.8) is 0 Å². The van der Waals surface area contributed by atoms with Crippen molar-refractivity contribution in [3.05, 3.63) is 58.0 Å². The topological polar surface area (TPSA) is 65.6 Å². The summed E-state index contributed by atoms with van der Waals surface area (Å²) in [5.74, 6) is -0.798. The molecule has 136 valence electrons. The zero-order valence-electron chi connectivity index (χ0n) is 15.0. The van der Waals surface area contributed by atoms with Gasteiger partial charge in [-0.25, -0.2) is 8.91 Å². The standard InChI is InChI=1S/C19H20FN3O3/c1-4-14-9-15(13-6-7-16(20)12(3)8-13)18-19(25)22(11-21-23(14)18)10-17(24)26-5-2/h6-9,11H,4-5,10H2,1-3H3. The van der Waals surface area contributed by atoms with Gasteiger partial charge in [0.05, 0.1) is 6.61 Å². The number of halogens is 1. The fraction of sp³-hybridized carbons (Fsp3) is 0.316. The highest BCUT2D eigenvalue weighted by atomic mass is 19.1. The number of fused-ring (bicyclic) bond motifs is 1. The Hall–Kier alpha value is -2.96. The fourth-order valence-electron chi connectivity index (χ4n) is 2.94. The van der Waals surface area contributed by atoms with Crippen molar-refractivity contribution >= 4 is 11.5 Å². The molecule has 0 aliphatic rings. The molecule has 3 aromatic rings. The molecule has 26 heavy (non-hydrogen) atoms. The molecule has 2 aromatic heterocycles. The van der Waals surface area contributed by atoms with Gasteiger partial charge in [0.2, 0.25) is 0 Å². The molecule has 7 heteroatoms. The highest BCUT2D eigenvalue weighted by Gasteiger charge is 2.17. The second kappa shape index (κ2) is 7.11. The van der Waals surface area contributed by atoms with Crippen LogP contribution in [0.25, 0.3) is 16.6 Å². The quantitative estimate of drug-likeness (QED) is 0.659. The van der Waals surface area contributed by atoms with Gasteiger partial charge in [0, 0.05) is 11.3 Å². The Balaban J connectivity index is 2.21. The predicted molar refractivity (Wildman–Crippen MR) is 95.6 cm³/mol. The van der Waals surface area contributed by atoms with E-state index < -0.39 is 5.97 Å². The van der Waals surface area contributed by atoms with Crippen molar-refractivity contribution in [2.45, 2.75) is 33.7 Å². The molecule has 2 heterocycles. The number of carbonyl (C=O) groups excluding carboxylic acids is 1. The van der Waals surface area contributed by atoms with Crippen LogP contribution in [0.4, 0.5) is 4.39 Å². The van der Waals surface area contributed by atoms with Crippen molar-refractivity contribution in [1.82, 2.24) is 14.2 Å². The first kappa shape index (κ1) is 17.8. The molecule has 3 rings (SSSR count). The Kier molecular flexibility index (Phi) is 4.88. The van der Waals surface area contributed by atoms with Gasteiger partial charge >= 0.3 is 5.97 Å². The van der Waals surface area contributed by atoms with Gasteiger partial charge in [-0.05, 0) is 49.6 Å². The Morgan fingerprint density at radius 3 is 2.69 bits per heavy atom. The summed E-state index contributed by atoms with van der Waals surface area (Å²) in [4.78, 5) is 24.7. The summed E-state index contributed by atoms with van der Waals surface area (Å²) in [6.45, 7) is 5.39. The van der Waals surface area contributed by atoms with Crippen LogP contribution in [0.15, 0.2) is 35.4 Å². The average molecular weight is 357 g/mol. The van der Waals surface area contributed by atoms with E-state index in [1.165, 1.54) is 17.0 Å². The van der Waals surface area contributed by atoms with Gasteiger partial charge in [-0.3, -0.25) is 14.2 Å². The maximum Gasteiger partial charge on any atom is 0.326 e. The summed E-state index contributed by atoms with van der Waals surface area (Å²) in [5.41, 5.74) is 2.77. The number of hydrogen-bond donors (Lipinski definition) is 0. The molecule has 0 fully saturated rings. The molecule has 1 aromatic carbocycles. The molecule has 0 unspecified atom stereocenters. The number of aromatic nitrogens is 3. The van der Waals surface area contributed by atoms with Crippen LogP contribution < -0.4 is 5.56 Å². The molecule has 0 aliphatic heterocycles. The van der Waals surface area contributed by atoms with E-state index in [0.717, 1.165) is 11.3 Å². The van der Waals surface area contributed by atoms with Crippen molar-refractivity contribution < 1.29 is 13.9 Å². The molecule has 0 amide bonds. The number of hydrogen-bond acceptors (Lipinski definition) is 4. The van der Waals surface area contributed by atoms with Gasteiger partial charge in [-0.1, -0.05) is 13.0 Å². The van der Waals surface area contributed by atoms with E-state index in [1.54, 1.807) is 30.5 Å². The molecule has 0 aliphatic carbocycles. The monoisotopic (exact) mass is 357 g/mol. The Morgan fingerprint density at radius 1 is 1.27 bits per heavy atom. The van der Waals surface area contributed by atoms with E-state index in [-0.39, 0.29) is 24.5 Å². The number of nitrogens with zero attached hydrogens (tertiary/aromatic N) is 3. The van der Waals surface area contributed by atoms with Gasteiger partial charge in [0.15, 0.2) is 0 Å². The molecule has 0 N–H and O–H groups in total. The maximum absolute atomic E-state index is 13.6. The first-order valence-corrected chi connectivity index (χ1v) is 8.48. The van der Waals surface area contributed by atoms with Crippen LogP contribution in [0.2, 0.25) is 0 Å². The zero-order valence-corrected chi connectivity index (χ0v) is 15.0. The van der Waals surface area contributed by atoms with E-state index in [0.29, 0.717) is 23.1 Å². The summed E-state index contributed by atoms with van der Waals surface area (Å²) in [5, 5.41) is 4.31. The number of benzene rings is 1. The maximum atomic E-state index is 13.6. The van der Waals surface area contributed by atoms with Crippen LogP contribution in [0.1, 0.15) is 25.1 Å². The molecule has 0 radical (unpaired) electrons. The van der Waals surface area contributed by atoms with Gasteiger partial charge < -0.3 is 4.74 Å². The normalized spacial score (nSPS) is 11.1. The van der Waals surface area contributed by atoms with Crippen LogP contribution in [-0.2, 0) is 22.5 Å². The lowest BCUT2D eigenvalue weighted by Gasteiger charge is -2.07. The van der Waals surface area contributed by atoms with Crippen molar-refractivity contribution in [2.75, 3.05) is 6.61 Å². The minimum Gasteiger partial charge on any atom is -0.465 e. The van der Waals surface area contributed by atoms with Crippen LogP contribution in [0.5, 0.6) is 0 Å². The van der Waals surface area contributed by atoms with Crippen molar-refractivity contribution in [3.8, 4) is 11.1 Å². The lowest BCUT2D eigenvalue weighted by atomic mass is 10.0. The average Bonchev–Trinajstić information content (AvgIpc) is 2.99. The molecule has 0 saturated carbocycles. The second-order valence-corrected chi connectivity index (χ2v) is 6.00. The van der Waals surface area contributed by atoms with Crippen molar-refractivity contribution in [2.24, 2.45) is 0 Å². The number of ether oxygens (including phenoxy) is 1. The van der Waals surface area contributed by atoms with E-state index in [4.69, 9.17) is 4.74 Å². The number of carbonyl (C=O) groups is 1. The number of aryl methyl sites for hydroxylation is 2. The molecular weight excluding hydrogens is 337 g/mol. The Labute approximate surface area is 149 Å². The largest absolute Gasteiger partial charge is 0.465 e. The number of esters is 1. The van der Waals surface area contributed by atoms with E-state index in [9.17, 15) is 14.0 Å². The SMILES string of the molecule is CCOC(=O)Cn1cnn2c(CC)cc(-c3ccc(F)c(C)c3)c2c1=O. The highest BCUT2D eigenvalue weighted by molar-refractivity contribution is 5.81. The molecule has 0 bridgehead atoms. The third kappa shape index (κ3) is 3.12. The third-order valence-corrected chi connectivity index (χ3v) is 4.26. The minimum atomic E-state index is -0.498. The Morgan fingerprint density at radius 2 is 2.04 bits per heavy atom. The summed E-state index contributed by atoms with van der Waals surface area (Å²) < 4.78 is 21.3. The molecule has 6 nitrogen and oxygen atoms in total. The van der Waals surface area contributed by atoms with Gasteiger partial charge in [-0.2, -0.15) is 5.10 Å². The van der Waals surface area contributed by atoms with Gasteiger partial charge in [0.1, 0.15) is 24.2 Å². The van der Waals surface area contributed by atoms with Crippen molar-refractivity contribution in [1.29, 1.82) is 0 Å². The second-order valence-electron chi connectivity index (χ2n) is 6.00. The fourth-order valence-corrected chi connectivity index (χ4v) is 2.94. The molecule has 0 saturated heterocycles. The molecular formula is C19H20FN3O3. The minimum absolute atomic E-state index is 0.204. The first-order valence-electron chi connectivity index (χ1n) is 8.48.